The van der Waals surface area contributed by atoms with E-state index in [1.807, 2.05) is 20.8 Å². The molecule has 0 spiro atoms. The number of alkyl carbamates (subject to hydrolysis) is 1. The molecule has 0 heterocycles. The van der Waals surface area contributed by atoms with Crippen molar-refractivity contribution in [3.63, 3.8) is 0 Å². The van der Waals surface area contributed by atoms with E-state index in [9.17, 15) is 24.3 Å². The van der Waals surface area contributed by atoms with Gasteiger partial charge in [-0.1, -0.05) is 19.1 Å². The quantitative estimate of drug-likeness (QED) is 0.391. The lowest BCUT2D eigenvalue weighted by molar-refractivity contribution is -0.149. The molecule has 10 heteroatoms. The van der Waals surface area contributed by atoms with Gasteiger partial charge in [0.15, 0.2) is 0 Å². The Kier molecular flexibility index (Phi) is 11.2. The van der Waals surface area contributed by atoms with E-state index in [2.05, 4.69) is 10.6 Å². The van der Waals surface area contributed by atoms with Crippen LogP contribution in [0, 0.1) is 0 Å². The summed E-state index contributed by atoms with van der Waals surface area (Å²) in [5, 5.41) is 15.4. The summed E-state index contributed by atoms with van der Waals surface area (Å²) < 4.78 is 10.2. The lowest BCUT2D eigenvalue weighted by Gasteiger charge is -2.44. The number of hydrogen-bond donors (Lipinski definition) is 3. The molecule has 2 unspecified atom stereocenters. The van der Waals surface area contributed by atoms with Gasteiger partial charge < -0.3 is 30.1 Å². The second kappa shape index (κ2) is 13.1. The van der Waals surface area contributed by atoms with E-state index in [0.29, 0.717) is 12.0 Å². The lowest BCUT2D eigenvalue weighted by atomic mass is 9.92. The summed E-state index contributed by atoms with van der Waals surface area (Å²) in [5.74, 6) is -1.58. The van der Waals surface area contributed by atoms with Gasteiger partial charge in [-0.15, -0.1) is 0 Å². The number of hydrogen-bond acceptors (Lipinski definition) is 7. The molecule has 3 N–H and O–H groups in total. The van der Waals surface area contributed by atoms with E-state index in [4.69, 9.17) is 9.47 Å². The van der Waals surface area contributed by atoms with Gasteiger partial charge in [0.1, 0.15) is 23.4 Å². The van der Waals surface area contributed by atoms with Gasteiger partial charge in [0, 0.05) is 12.1 Å². The van der Waals surface area contributed by atoms with Crippen LogP contribution in [0.25, 0.3) is 0 Å². The van der Waals surface area contributed by atoms with E-state index in [-0.39, 0.29) is 25.3 Å². The number of ether oxygens (including phenoxy) is 2. The van der Waals surface area contributed by atoms with Gasteiger partial charge in [-0.2, -0.15) is 0 Å². The third-order valence-electron chi connectivity index (χ3n) is 5.48. The van der Waals surface area contributed by atoms with Crippen molar-refractivity contribution in [3.05, 3.63) is 29.8 Å². The maximum absolute atomic E-state index is 13.8. The first-order chi connectivity index (χ1) is 16.6. The Morgan fingerprint density at radius 3 is 2.25 bits per heavy atom. The van der Waals surface area contributed by atoms with Crippen LogP contribution in [0.5, 0.6) is 5.75 Å². The Morgan fingerprint density at radius 2 is 1.72 bits per heavy atom. The summed E-state index contributed by atoms with van der Waals surface area (Å²) in [4.78, 5) is 52.7. The molecule has 0 saturated heterocycles. The van der Waals surface area contributed by atoms with Crippen molar-refractivity contribution in [3.8, 4) is 5.75 Å². The summed E-state index contributed by atoms with van der Waals surface area (Å²) >= 11 is 0. The molecule has 202 valence electrons. The van der Waals surface area contributed by atoms with Crippen LogP contribution in [-0.4, -0.2) is 64.2 Å². The number of phenols is 1. The number of carbonyl (C=O) groups excluding carboxylic acids is 4. The van der Waals surface area contributed by atoms with E-state index >= 15 is 0 Å². The van der Waals surface area contributed by atoms with Crippen LogP contribution >= 0.6 is 0 Å². The third-order valence-corrected chi connectivity index (χ3v) is 5.48. The first kappa shape index (κ1) is 30.7. The number of nitrogens with zero attached hydrogens (tertiary/aromatic N) is 1. The maximum Gasteiger partial charge on any atom is 0.408 e. The maximum atomic E-state index is 13.8. The molecule has 0 radical (unpaired) electrons. The number of amides is 3. The highest BCUT2D eigenvalue weighted by Crippen LogP contribution is 2.33. The van der Waals surface area contributed by atoms with Gasteiger partial charge in [-0.05, 0) is 72.6 Å². The second-order valence-electron chi connectivity index (χ2n) is 10.1. The molecular formula is C26H41N3O7. The van der Waals surface area contributed by atoms with E-state index < -0.39 is 47.1 Å². The van der Waals surface area contributed by atoms with Crippen LogP contribution < -0.4 is 10.6 Å². The van der Waals surface area contributed by atoms with Crippen molar-refractivity contribution in [2.24, 2.45) is 0 Å². The number of phenolic OH excluding ortho intramolecular Hbond substituents is 1. The molecule has 0 saturated carbocycles. The average Bonchev–Trinajstić information content (AvgIpc) is 2.75. The molecule has 1 rings (SSSR count). The standard InChI is InChI=1S/C26H41N3O7/c1-9-26(7,8)29(23(33)17(3)28-24(34)36-25(4,5)6)21(18-12-11-13-19(30)16-18)22(32)27-15-14-20(31)35-10-2/h11-13,16-17,21,30H,9-10,14-15H2,1-8H3,(H,27,32)(H,28,34). The van der Waals surface area contributed by atoms with E-state index in [1.165, 1.54) is 24.0 Å². The highest BCUT2D eigenvalue weighted by molar-refractivity contribution is 5.92. The Morgan fingerprint density at radius 1 is 1.08 bits per heavy atom. The molecule has 0 fully saturated rings. The van der Waals surface area contributed by atoms with Crippen LogP contribution in [-0.2, 0) is 23.9 Å². The molecule has 0 aliphatic heterocycles. The number of rotatable bonds is 11. The van der Waals surface area contributed by atoms with Crippen molar-refractivity contribution in [1.29, 1.82) is 0 Å². The average molecular weight is 508 g/mol. The summed E-state index contributed by atoms with van der Waals surface area (Å²) in [6.45, 7) is 14.1. The van der Waals surface area contributed by atoms with Crippen LogP contribution in [0.3, 0.4) is 0 Å². The number of carbonyl (C=O) groups is 4. The predicted octanol–water partition coefficient (Wildman–Crippen LogP) is 3.43. The molecule has 0 aliphatic carbocycles. The molecular weight excluding hydrogens is 466 g/mol. The zero-order valence-corrected chi connectivity index (χ0v) is 22.6. The van der Waals surface area contributed by atoms with Gasteiger partial charge in [-0.25, -0.2) is 4.79 Å². The first-order valence-electron chi connectivity index (χ1n) is 12.2. The first-order valence-corrected chi connectivity index (χ1v) is 12.2. The zero-order chi connectivity index (χ0) is 27.7. The smallest absolute Gasteiger partial charge is 0.408 e. The fourth-order valence-corrected chi connectivity index (χ4v) is 3.43. The number of nitrogens with one attached hydrogen (secondary N) is 2. The number of benzene rings is 1. The Hall–Kier alpha value is -3.30. The van der Waals surface area contributed by atoms with Gasteiger partial charge in [0.25, 0.3) is 0 Å². The number of esters is 1. The normalized spacial score (nSPS) is 13.2. The molecule has 1 aromatic rings. The highest BCUT2D eigenvalue weighted by atomic mass is 16.6. The SMILES string of the molecule is CCOC(=O)CCNC(=O)C(c1cccc(O)c1)N(C(=O)C(C)NC(=O)OC(C)(C)C)C(C)(C)CC. The summed E-state index contributed by atoms with van der Waals surface area (Å²) in [5.41, 5.74) is -1.20. The fraction of sp³-hybridized carbons (Fsp3) is 0.615. The molecule has 2 atom stereocenters. The van der Waals surface area contributed by atoms with Crippen molar-refractivity contribution < 1.29 is 33.8 Å². The minimum Gasteiger partial charge on any atom is -0.508 e. The third kappa shape index (κ3) is 9.39. The highest BCUT2D eigenvalue weighted by Gasteiger charge is 2.42. The Balaban J connectivity index is 3.37. The zero-order valence-electron chi connectivity index (χ0n) is 22.6. The molecule has 0 aromatic heterocycles. The van der Waals surface area contributed by atoms with Crippen molar-refractivity contribution in [2.45, 2.75) is 91.5 Å². The minimum atomic E-state index is -1.15. The topological polar surface area (TPSA) is 134 Å². The predicted molar refractivity (Wildman–Crippen MR) is 135 cm³/mol. The molecule has 0 aliphatic rings. The van der Waals surface area contributed by atoms with Gasteiger partial charge in [-0.3, -0.25) is 14.4 Å². The lowest BCUT2D eigenvalue weighted by Crippen LogP contribution is -2.58. The van der Waals surface area contributed by atoms with Crippen LogP contribution in [0.15, 0.2) is 24.3 Å². The fourth-order valence-electron chi connectivity index (χ4n) is 3.43. The summed E-state index contributed by atoms with van der Waals surface area (Å²) in [6.07, 6.45) is -0.303. The molecule has 36 heavy (non-hydrogen) atoms. The van der Waals surface area contributed by atoms with Gasteiger partial charge >= 0.3 is 12.1 Å². The molecule has 1 aromatic carbocycles. The Bertz CT molecular complexity index is 924. The van der Waals surface area contributed by atoms with E-state index in [0.717, 1.165) is 0 Å². The van der Waals surface area contributed by atoms with Crippen LogP contribution in [0.1, 0.15) is 79.8 Å². The largest absolute Gasteiger partial charge is 0.508 e. The minimum absolute atomic E-state index is 0.00722. The molecule has 3 amide bonds. The summed E-state index contributed by atoms with van der Waals surface area (Å²) in [6, 6.07) is 3.92. The van der Waals surface area contributed by atoms with Crippen molar-refractivity contribution in [2.75, 3.05) is 13.2 Å². The summed E-state index contributed by atoms with van der Waals surface area (Å²) in [7, 11) is 0. The van der Waals surface area contributed by atoms with Gasteiger partial charge in [0.05, 0.1) is 13.0 Å². The van der Waals surface area contributed by atoms with Crippen LogP contribution in [0.2, 0.25) is 0 Å². The monoisotopic (exact) mass is 507 g/mol. The molecule has 10 nitrogen and oxygen atoms in total. The van der Waals surface area contributed by atoms with E-state index in [1.54, 1.807) is 39.8 Å². The molecule has 0 bridgehead atoms. The van der Waals surface area contributed by atoms with Crippen molar-refractivity contribution in [1.82, 2.24) is 15.5 Å². The van der Waals surface area contributed by atoms with Gasteiger partial charge in [0.2, 0.25) is 11.8 Å². The van der Waals surface area contributed by atoms with Crippen LogP contribution in [0.4, 0.5) is 4.79 Å². The number of aromatic hydroxyl groups is 1. The van der Waals surface area contributed by atoms with Crippen molar-refractivity contribution >= 4 is 23.9 Å². The second-order valence-corrected chi connectivity index (χ2v) is 10.1. The Labute approximate surface area is 213 Å².